The van der Waals surface area contributed by atoms with Gasteiger partial charge in [0.05, 0.1) is 11.5 Å². The Kier molecular flexibility index (Phi) is 7.17. The number of rotatable bonds is 9. The van der Waals surface area contributed by atoms with E-state index in [1.54, 1.807) is 0 Å². The number of amides is 1. The Morgan fingerprint density at radius 3 is 2.64 bits per heavy atom. The number of azide groups is 1. The lowest BCUT2D eigenvalue weighted by molar-refractivity contribution is -0.122. The SMILES string of the molecule is CNC(=O)COS(=O)(=O)c1ccc(OCCCN=[N+]=[N-])cc1. The van der Waals surface area contributed by atoms with Gasteiger partial charge in [0.15, 0.2) is 0 Å². The predicted octanol–water partition coefficient (Wildman–Crippen LogP) is 1.22. The molecule has 9 nitrogen and oxygen atoms in total. The molecule has 1 aromatic carbocycles. The van der Waals surface area contributed by atoms with E-state index in [2.05, 4.69) is 19.5 Å². The lowest BCUT2D eigenvalue weighted by atomic mass is 10.3. The molecule has 1 aromatic rings. The Balaban J connectivity index is 2.56. The van der Waals surface area contributed by atoms with Crippen LogP contribution in [0.4, 0.5) is 0 Å². The van der Waals surface area contributed by atoms with Gasteiger partial charge in [0.25, 0.3) is 10.1 Å². The average molecular weight is 328 g/mol. The summed E-state index contributed by atoms with van der Waals surface area (Å²) >= 11 is 0. The van der Waals surface area contributed by atoms with Gasteiger partial charge in [-0.25, -0.2) is 0 Å². The second-order valence-corrected chi connectivity index (χ2v) is 5.63. The van der Waals surface area contributed by atoms with Crippen LogP contribution in [0.5, 0.6) is 5.75 Å². The maximum absolute atomic E-state index is 11.8. The maximum atomic E-state index is 11.8. The summed E-state index contributed by atoms with van der Waals surface area (Å²) in [6.07, 6.45) is 0.555. The van der Waals surface area contributed by atoms with Crippen LogP contribution in [0.3, 0.4) is 0 Å². The molecule has 1 amide bonds. The highest BCUT2D eigenvalue weighted by Gasteiger charge is 2.16. The van der Waals surface area contributed by atoms with Crippen molar-refractivity contribution in [2.45, 2.75) is 11.3 Å². The van der Waals surface area contributed by atoms with Crippen molar-refractivity contribution in [1.29, 1.82) is 0 Å². The number of hydrogen-bond donors (Lipinski definition) is 1. The van der Waals surface area contributed by atoms with Gasteiger partial charge in [0.2, 0.25) is 5.91 Å². The van der Waals surface area contributed by atoms with Crippen LogP contribution in [0.15, 0.2) is 34.3 Å². The summed E-state index contributed by atoms with van der Waals surface area (Å²) < 4.78 is 33.6. The first-order chi connectivity index (χ1) is 10.5. The quantitative estimate of drug-likeness (QED) is 0.239. The lowest BCUT2D eigenvalue weighted by Gasteiger charge is -2.07. The standard InChI is InChI=1S/C12H16N4O5S/c1-14-12(17)9-21-22(18,19)11-5-3-10(4-6-11)20-8-2-7-15-16-13/h3-6H,2,7-9H2,1H3,(H,14,17). The van der Waals surface area contributed by atoms with E-state index in [1.165, 1.54) is 31.3 Å². The Hall–Kier alpha value is -2.29. The Bertz CT molecular complexity index is 638. The summed E-state index contributed by atoms with van der Waals surface area (Å²) in [6, 6.07) is 5.59. The minimum absolute atomic E-state index is 0.0715. The third-order valence-corrected chi connectivity index (χ3v) is 3.75. The molecule has 1 N–H and O–H groups in total. The highest BCUT2D eigenvalue weighted by Crippen LogP contribution is 2.17. The van der Waals surface area contributed by atoms with Crippen molar-refractivity contribution in [2.24, 2.45) is 5.11 Å². The summed E-state index contributed by atoms with van der Waals surface area (Å²) in [5.74, 6) is -0.0604. The van der Waals surface area contributed by atoms with Crippen LogP contribution in [0, 0.1) is 0 Å². The zero-order valence-electron chi connectivity index (χ0n) is 11.9. The van der Waals surface area contributed by atoms with Crippen LogP contribution in [0.1, 0.15) is 6.42 Å². The van der Waals surface area contributed by atoms with Gasteiger partial charge in [0.1, 0.15) is 12.4 Å². The van der Waals surface area contributed by atoms with E-state index in [-0.39, 0.29) is 4.90 Å². The van der Waals surface area contributed by atoms with E-state index in [0.29, 0.717) is 25.3 Å². The van der Waals surface area contributed by atoms with Gasteiger partial charge >= 0.3 is 0 Å². The van der Waals surface area contributed by atoms with Gasteiger partial charge < -0.3 is 10.1 Å². The van der Waals surface area contributed by atoms with Gasteiger partial charge in [-0.2, -0.15) is 8.42 Å². The first kappa shape index (κ1) is 17.8. The third kappa shape index (κ3) is 6.00. The van der Waals surface area contributed by atoms with Gasteiger partial charge in [0, 0.05) is 18.5 Å². The Morgan fingerprint density at radius 1 is 1.36 bits per heavy atom. The zero-order chi connectivity index (χ0) is 16.4. The normalized spacial score (nSPS) is 10.6. The fourth-order valence-corrected chi connectivity index (χ4v) is 2.21. The number of ether oxygens (including phenoxy) is 1. The van der Waals surface area contributed by atoms with Crippen LogP contribution in [0.25, 0.3) is 10.4 Å². The van der Waals surface area contributed by atoms with E-state index >= 15 is 0 Å². The van der Waals surface area contributed by atoms with Crippen LogP contribution in [0.2, 0.25) is 0 Å². The number of carbonyl (C=O) groups is 1. The molecular weight excluding hydrogens is 312 g/mol. The topological polar surface area (TPSA) is 130 Å². The molecule has 0 spiro atoms. The minimum Gasteiger partial charge on any atom is -0.494 e. The molecule has 0 atom stereocenters. The van der Waals surface area contributed by atoms with E-state index in [4.69, 9.17) is 10.3 Å². The molecule has 0 aliphatic carbocycles. The first-order valence-corrected chi connectivity index (χ1v) is 7.74. The van der Waals surface area contributed by atoms with E-state index in [0.717, 1.165) is 0 Å². The van der Waals surface area contributed by atoms with Crippen LogP contribution >= 0.6 is 0 Å². The van der Waals surface area contributed by atoms with Crippen molar-refractivity contribution < 1.29 is 22.1 Å². The molecule has 0 aromatic heterocycles. The largest absolute Gasteiger partial charge is 0.494 e. The molecule has 10 heteroatoms. The summed E-state index contributed by atoms with van der Waals surface area (Å²) in [4.78, 5) is 13.5. The van der Waals surface area contributed by atoms with Crippen molar-refractivity contribution in [1.82, 2.24) is 5.32 Å². The summed E-state index contributed by atoms with van der Waals surface area (Å²) in [5.41, 5.74) is 8.11. The number of hydrogen-bond acceptors (Lipinski definition) is 6. The fourth-order valence-electron chi connectivity index (χ4n) is 1.34. The van der Waals surface area contributed by atoms with E-state index in [9.17, 15) is 13.2 Å². The van der Waals surface area contributed by atoms with Crippen molar-refractivity contribution >= 4 is 16.0 Å². The van der Waals surface area contributed by atoms with Crippen LogP contribution in [-0.4, -0.2) is 41.1 Å². The zero-order valence-corrected chi connectivity index (χ0v) is 12.7. The fraction of sp³-hybridized carbons (Fsp3) is 0.417. The van der Waals surface area contributed by atoms with Crippen LogP contribution < -0.4 is 10.1 Å². The molecule has 1 rings (SSSR count). The maximum Gasteiger partial charge on any atom is 0.297 e. The molecule has 0 saturated carbocycles. The molecule has 0 fully saturated rings. The predicted molar refractivity (Wildman–Crippen MR) is 77.8 cm³/mol. The molecular formula is C12H16N4O5S. The second kappa shape index (κ2) is 8.88. The van der Waals surface area contributed by atoms with Gasteiger partial charge in [-0.05, 0) is 36.2 Å². The van der Waals surface area contributed by atoms with E-state index in [1.807, 2.05) is 0 Å². The lowest BCUT2D eigenvalue weighted by Crippen LogP contribution is -2.25. The van der Waals surface area contributed by atoms with E-state index < -0.39 is 22.6 Å². The summed E-state index contributed by atoms with van der Waals surface area (Å²) in [5, 5.41) is 5.62. The van der Waals surface area contributed by atoms with Crippen LogP contribution in [-0.2, 0) is 19.1 Å². The number of benzene rings is 1. The Morgan fingerprint density at radius 2 is 2.05 bits per heavy atom. The molecule has 0 unspecified atom stereocenters. The molecule has 0 heterocycles. The molecule has 22 heavy (non-hydrogen) atoms. The third-order valence-electron chi connectivity index (χ3n) is 2.47. The average Bonchev–Trinajstić information content (AvgIpc) is 2.53. The molecule has 0 aliphatic rings. The molecule has 0 saturated heterocycles. The molecule has 0 aliphatic heterocycles. The monoisotopic (exact) mass is 328 g/mol. The van der Waals surface area contributed by atoms with Crippen molar-refractivity contribution in [2.75, 3.05) is 26.8 Å². The number of carbonyl (C=O) groups excluding carboxylic acids is 1. The second-order valence-electron chi connectivity index (χ2n) is 4.02. The highest BCUT2D eigenvalue weighted by atomic mass is 32.2. The minimum atomic E-state index is -3.99. The van der Waals surface area contributed by atoms with Crippen molar-refractivity contribution in [3.8, 4) is 5.75 Å². The molecule has 0 bridgehead atoms. The smallest absolute Gasteiger partial charge is 0.297 e. The number of likely N-dealkylation sites (N-methyl/N-ethyl adjacent to an activating group) is 1. The van der Waals surface area contributed by atoms with Crippen molar-refractivity contribution in [3.05, 3.63) is 34.7 Å². The number of nitrogens with zero attached hydrogens (tertiary/aromatic N) is 3. The molecule has 0 radical (unpaired) electrons. The highest BCUT2D eigenvalue weighted by molar-refractivity contribution is 7.86. The first-order valence-electron chi connectivity index (χ1n) is 6.33. The van der Waals surface area contributed by atoms with Gasteiger partial charge in [-0.15, -0.1) is 0 Å². The summed E-state index contributed by atoms with van der Waals surface area (Å²) in [7, 11) is -2.60. The van der Waals surface area contributed by atoms with Crippen molar-refractivity contribution in [3.63, 3.8) is 0 Å². The number of nitrogens with one attached hydrogen (secondary N) is 1. The van der Waals surface area contributed by atoms with Gasteiger partial charge in [-0.1, -0.05) is 5.11 Å². The Labute approximate surface area is 128 Å². The summed E-state index contributed by atoms with van der Waals surface area (Å²) in [6.45, 7) is 0.102. The molecule has 120 valence electrons. The van der Waals surface area contributed by atoms with Gasteiger partial charge in [-0.3, -0.25) is 8.98 Å².